The monoisotopic (exact) mass is 336 g/mol. The van der Waals surface area contributed by atoms with Gasteiger partial charge in [0.15, 0.2) is 0 Å². The van der Waals surface area contributed by atoms with Gasteiger partial charge < -0.3 is 0 Å². The van der Waals surface area contributed by atoms with Gasteiger partial charge in [-0.3, -0.25) is 4.90 Å². The van der Waals surface area contributed by atoms with Crippen LogP contribution in [0.25, 0.3) is 0 Å². The number of nitrogens with one attached hydrogen (secondary N) is 1. The van der Waals surface area contributed by atoms with Gasteiger partial charge in [-0.1, -0.05) is 6.07 Å². The zero-order valence-corrected chi connectivity index (χ0v) is 13.7. The second kappa shape index (κ2) is 6.25. The summed E-state index contributed by atoms with van der Waals surface area (Å²) >= 11 is 0. The number of sulfonamides is 1. The molecule has 1 fully saturated rings. The Morgan fingerprint density at radius 3 is 2.43 bits per heavy atom. The molecule has 1 aliphatic heterocycles. The summed E-state index contributed by atoms with van der Waals surface area (Å²) in [7, 11) is -3.58. The number of halogens is 1. The van der Waals surface area contributed by atoms with Gasteiger partial charge in [-0.05, 0) is 36.8 Å². The summed E-state index contributed by atoms with van der Waals surface area (Å²) in [5.74, 6) is 0.579. The molecule has 1 saturated heterocycles. The molecular formula is C16H19FN3O2S+. The molecular weight excluding hydrogens is 317 g/mol. The van der Waals surface area contributed by atoms with Gasteiger partial charge in [0.25, 0.3) is 5.82 Å². The minimum Gasteiger partial charge on any atom is -0.259 e. The highest BCUT2D eigenvalue weighted by Gasteiger charge is 2.31. The van der Waals surface area contributed by atoms with Crippen molar-refractivity contribution in [2.45, 2.75) is 11.8 Å². The minimum atomic E-state index is -3.58. The number of aromatic nitrogens is 1. The number of nitrogens with zero attached hydrogens (tertiary/aromatic N) is 2. The molecule has 0 aliphatic carbocycles. The first kappa shape index (κ1) is 15.9. The summed E-state index contributed by atoms with van der Waals surface area (Å²) in [6.45, 7) is 3.60. The van der Waals surface area contributed by atoms with Crippen LogP contribution in [0.2, 0.25) is 0 Å². The molecule has 0 amide bonds. The predicted octanol–water partition coefficient (Wildman–Crippen LogP) is 1.46. The molecule has 7 heteroatoms. The molecule has 0 saturated carbocycles. The van der Waals surface area contributed by atoms with Crippen molar-refractivity contribution < 1.29 is 17.8 Å². The molecule has 5 nitrogen and oxygen atoms in total. The molecule has 0 radical (unpaired) electrons. The maximum absolute atomic E-state index is 13.3. The van der Waals surface area contributed by atoms with Crippen molar-refractivity contribution in [1.82, 2.24) is 4.31 Å². The first-order chi connectivity index (χ1) is 11.0. The van der Waals surface area contributed by atoms with E-state index in [-0.39, 0.29) is 4.90 Å². The molecule has 1 N–H and O–H groups in total. The van der Waals surface area contributed by atoms with Crippen LogP contribution < -0.4 is 9.88 Å². The normalized spacial score (nSPS) is 16.5. The fourth-order valence-corrected chi connectivity index (χ4v) is 4.18. The third-order valence-corrected chi connectivity index (χ3v) is 5.93. The van der Waals surface area contributed by atoms with Gasteiger partial charge in [-0.25, -0.2) is 17.8 Å². The molecule has 2 heterocycles. The van der Waals surface area contributed by atoms with E-state index < -0.39 is 15.8 Å². The van der Waals surface area contributed by atoms with E-state index in [1.165, 1.54) is 22.5 Å². The second-order valence-electron chi connectivity index (χ2n) is 5.55. The second-order valence-corrected chi connectivity index (χ2v) is 7.49. The van der Waals surface area contributed by atoms with Crippen LogP contribution >= 0.6 is 0 Å². The average Bonchev–Trinajstić information content (AvgIpc) is 2.58. The Labute approximate surface area is 135 Å². The Morgan fingerprint density at radius 2 is 1.83 bits per heavy atom. The summed E-state index contributed by atoms with van der Waals surface area (Å²) < 4.78 is 40.1. The van der Waals surface area contributed by atoms with E-state index in [0.29, 0.717) is 31.7 Å². The Balaban J connectivity index is 1.75. The zero-order chi connectivity index (χ0) is 16.4. The summed E-state index contributed by atoms with van der Waals surface area (Å²) in [4.78, 5) is 5.42. The van der Waals surface area contributed by atoms with Crippen LogP contribution in [0.5, 0.6) is 0 Å². The molecule has 23 heavy (non-hydrogen) atoms. The third kappa shape index (κ3) is 3.20. The zero-order valence-electron chi connectivity index (χ0n) is 12.9. The number of aryl methyl sites for hydroxylation is 1. The van der Waals surface area contributed by atoms with Crippen LogP contribution in [0.3, 0.4) is 0 Å². The number of hydrogen-bond donors (Lipinski definition) is 0. The van der Waals surface area contributed by atoms with E-state index in [4.69, 9.17) is 0 Å². The lowest BCUT2D eigenvalue weighted by Gasteiger charge is -2.30. The number of piperazine rings is 1. The Kier molecular flexibility index (Phi) is 4.32. The highest BCUT2D eigenvalue weighted by Crippen LogP contribution is 2.21. The summed E-state index contributed by atoms with van der Waals surface area (Å²) in [6.07, 6.45) is 1.85. The van der Waals surface area contributed by atoms with Crippen LogP contribution in [0.15, 0.2) is 47.5 Å². The molecule has 0 bridgehead atoms. The molecule has 0 atom stereocenters. The number of H-pyrrole nitrogens is 1. The minimum absolute atomic E-state index is 0.149. The van der Waals surface area contributed by atoms with Crippen molar-refractivity contribution in [2.24, 2.45) is 0 Å². The Morgan fingerprint density at radius 1 is 1.09 bits per heavy atom. The van der Waals surface area contributed by atoms with Crippen LogP contribution in [-0.4, -0.2) is 38.9 Å². The topological polar surface area (TPSA) is 54.8 Å². The van der Waals surface area contributed by atoms with Crippen molar-refractivity contribution in [3.8, 4) is 0 Å². The number of benzene rings is 1. The fraction of sp³-hybridized carbons (Fsp3) is 0.312. The summed E-state index contributed by atoms with van der Waals surface area (Å²) in [5, 5.41) is 0. The molecule has 1 aromatic heterocycles. The van der Waals surface area contributed by atoms with Crippen LogP contribution in [0.1, 0.15) is 5.56 Å². The first-order valence-electron chi connectivity index (χ1n) is 7.46. The van der Waals surface area contributed by atoms with Gasteiger partial charge in [-0.15, -0.1) is 0 Å². The fourth-order valence-electron chi connectivity index (χ4n) is 2.68. The lowest BCUT2D eigenvalue weighted by Crippen LogP contribution is -2.49. The van der Waals surface area contributed by atoms with E-state index in [0.717, 1.165) is 5.82 Å². The number of hydrogen-bond acceptors (Lipinski definition) is 3. The molecule has 122 valence electrons. The van der Waals surface area contributed by atoms with Gasteiger partial charge in [-0.2, -0.15) is 4.31 Å². The molecule has 3 rings (SSSR count). The number of anilines is 1. The first-order valence-corrected chi connectivity index (χ1v) is 8.90. The van der Waals surface area contributed by atoms with Crippen molar-refractivity contribution in [3.05, 3.63) is 54.0 Å². The largest absolute Gasteiger partial charge is 0.274 e. The van der Waals surface area contributed by atoms with Crippen molar-refractivity contribution in [1.29, 1.82) is 0 Å². The van der Waals surface area contributed by atoms with Crippen LogP contribution in [0.4, 0.5) is 10.2 Å². The standard InChI is InChI=1S/C16H18FN3O2S/c1-13-12-14(5-6-15(13)17)23(21,22)20-10-8-19(9-11-20)16-4-2-3-7-18-16/h2-7,12H,8-11H2,1H3/p+1. The van der Waals surface area contributed by atoms with Crippen molar-refractivity contribution in [2.75, 3.05) is 31.1 Å². The van der Waals surface area contributed by atoms with E-state index in [1.807, 2.05) is 24.4 Å². The van der Waals surface area contributed by atoms with Gasteiger partial charge >= 0.3 is 0 Å². The van der Waals surface area contributed by atoms with E-state index >= 15 is 0 Å². The van der Waals surface area contributed by atoms with Crippen molar-refractivity contribution >= 4 is 15.8 Å². The van der Waals surface area contributed by atoms with Gasteiger partial charge in [0.1, 0.15) is 5.82 Å². The molecule has 1 aliphatic rings. The van der Waals surface area contributed by atoms with Gasteiger partial charge in [0.05, 0.1) is 37.3 Å². The molecule has 1 aromatic carbocycles. The Bertz CT molecular complexity index is 788. The number of pyridine rings is 1. The number of rotatable bonds is 3. The van der Waals surface area contributed by atoms with Gasteiger partial charge in [0.2, 0.25) is 10.0 Å². The third-order valence-electron chi connectivity index (χ3n) is 4.04. The van der Waals surface area contributed by atoms with Crippen molar-refractivity contribution in [3.63, 3.8) is 0 Å². The lowest BCUT2D eigenvalue weighted by molar-refractivity contribution is -0.364. The highest BCUT2D eigenvalue weighted by atomic mass is 32.2. The molecule has 2 aromatic rings. The van der Waals surface area contributed by atoms with Gasteiger partial charge in [0, 0.05) is 6.07 Å². The smallest absolute Gasteiger partial charge is 0.259 e. The maximum atomic E-state index is 13.3. The SMILES string of the molecule is Cc1cc(S(=O)(=O)N2CCN(c3cccc[nH+]3)CC2)ccc1F. The highest BCUT2D eigenvalue weighted by molar-refractivity contribution is 7.89. The summed E-state index contributed by atoms with van der Waals surface area (Å²) in [5.41, 5.74) is 0.337. The van der Waals surface area contributed by atoms with Crippen LogP contribution in [0, 0.1) is 12.7 Å². The van der Waals surface area contributed by atoms with Crippen LogP contribution in [-0.2, 0) is 10.0 Å². The van der Waals surface area contributed by atoms with E-state index in [2.05, 4.69) is 9.88 Å². The summed E-state index contributed by atoms with van der Waals surface area (Å²) in [6, 6.07) is 9.74. The van der Waals surface area contributed by atoms with E-state index in [1.54, 1.807) is 6.92 Å². The van der Waals surface area contributed by atoms with E-state index in [9.17, 15) is 12.8 Å². The predicted molar refractivity (Wildman–Crippen MR) is 85.1 cm³/mol. The molecule has 0 unspecified atom stereocenters. The lowest BCUT2D eigenvalue weighted by atomic mass is 10.2. The number of aromatic amines is 1. The maximum Gasteiger partial charge on any atom is 0.274 e. The quantitative estimate of drug-likeness (QED) is 0.853. The molecule has 0 spiro atoms. The average molecular weight is 336 g/mol. The Hall–Kier alpha value is -1.99.